The lowest BCUT2D eigenvalue weighted by Crippen LogP contribution is -2.50. The van der Waals surface area contributed by atoms with Crippen LogP contribution in [0.2, 0.25) is 0 Å². The average molecular weight is 454 g/mol. The molecule has 2 fully saturated rings. The van der Waals surface area contributed by atoms with E-state index < -0.39 is 17.0 Å². The Labute approximate surface area is 190 Å². The highest BCUT2D eigenvalue weighted by Crippen LogP contribution is 2.28. The first-order valence-corrected chi connectivity index (χ1v) is 10.7. The molecule has 3 N–H and O–H groups in total. The monoisotopic (exact) mass is 454 g/mol. The number of nitrogens with zero attached hydrogens (tertiary/aromatic N) is 7. The first-order valence-electron chi connectivity index (χ1n) is 10.7. The molecule has 2 aromatic heterocycles. The van der Waals surface area contributed by atoms with Crippen LogP contribution >= 0.6 is 0 Å². The number of aliphatic hydroxyl groups excluding tert-OH is 1. The van der Waals surface area contributed by atoms with Gasteiger partial charge in [-0.2, -0.15) is 15.3 Å². The fraction of sp³-hybridized carbons (Fsp3) is 0.524. The fourth-order valence-electron chi connectivity index (χ4n) is 3.96. The predicted octanol–water partition coefficient (Wildman–Crippen LogP) is 0.126. The Morgan fingerprint density at radius 2 is 2.06 bits per heavy atom. The zero-order valence-electron chi connectivity index (χ0n) is 18.5. The third-order valence-corrected chi connectivity index (χ3v) is 6.09. The molecule has 12 heteroatoms. The van der Waals surface area contributed by atoms with Gasteiger partial charge in [-0.15, -0.1) is 0 Å². The highest BCUT2D eigenvalue weighted by Gasteiger charge is 2.46. The number of rotatable bonds is 5. The van der Waals surface area contributed by atoms with Gasteiger partial charge in [0.05, 0.1) is 18.0 Å². The summed E-state index contributed by atoms with van der Waals surface area (Å²) in [4.78, 5) is 36.9. The molecular formula is C21H26N8O4. The molecule has 2 aliphatic heterocycles. The van der Waals surface area contributed by atoms with Gasteiger partial charge in [0.25, 0.3) is 5.91 Å². The maximum Gasteiger partial charge on any atom is 0.275 e. The quantitative estimate of drug-likeness (QED) is 0.533. The van der Waals surface area contributed by atoms with Crippen molar-refractivity contribution in [1.82, 2.24) is 24.6 Å². The van der Waals surface area contributed by atoms with Gasteiger partial charge in [0.2, 0.25) is 17.5 Å². The number of nitrogens with one attached hydrogen (secondary N) is 1. The number of aromatic nitrogens is 4. The summed E-state index contributed by atoms with van der Waals surface area (Å²) in [7, 11) is 0. The van der Waals surface area contributed by atoms with Crippen LogP contribution in [0.5, 0.6) is 0 Å². The van der Waals surface area contributed by atoms with Gasteiger partial charge in [-0.25, -0.2) is 4.98 Å². The number of nitriles is 1. The molecule has 174 valence electrons. The molecule has 4 heterocycles. The third-order valence-electron chi connectivity index (χ3n) is 6.09. The van der Waals surface area contributed by atoms with Crippen molar-refractivity contribution in [2.24, 2.45) is 0 Å². The van der Waals surface area contributed by atoms with Crippen molar-refractivity contribution in [3.8, 4) is 6.07 Å². The van der Waals surface area contributed by atoms with Crippen molar-refractivity contribution in [2.45, 2.75) is 50.4 Å². The van der Waals surface area contributed by atoms with Crippen molar-refractivity contribution >= 4 is 29.3 Å². The van der Waals surface area contributed by atoms with E-state index in [4.69, 9.17) is 5.26 Å². The number of aliphatic hydroxyl groups is 2. The van der Waals surface area contributed by atoms with Crippen LogP contribution in [-0.4, -0.2) is 78.0 Å². The summed E-state index contributed by atoms with van der Waals surface area (Å²) >= 11 is 0. The van der Waals surface area contributed by atoms with Gasteiger partial charge in [0.15, 0.2) is 0 Å². The summed E-state index contributed by atoms with van der Waals surface area (Å²) in [5.41, 5.74) is -2.43. The maximum atomic E-state index is 13.1. The van der Waals surface area contributed by atoms with Gasteiger partial charge in [-0.1, -0.05) is 0 Å². The Hall–Kier alpha value is -3.56. The van der Waals surface area contributed by atoms with E-state index in [2.05, 4.69) is 20.4 Å². The zero-order chi connectivity index (χ0) is 23.8. The lowest BCUT2D eigenvalue weighted by Gasteiger charge is -2.35. The summed E-state index contributed by atoms with van der Waals surface area (Å²) in [5.74, 6) is -0.340. The Balaban J connectivity index is 1.47. The number of hydrogen-bond acceptors (Lipinski definition) is 9. The van der Waals surface area contributed by atoms with E-state index in [1.807, 2.05) is 0 Å². The van der Waals surface area contributed by atoms with E-state index in [0.29, 0.717) is 31.6 Å². The highest BCUT2D eigenvalue weighted by atomic mass is 16.3. The Bertz CT molecular complexity index is 1100. The Kier molecular flexibility index (Phi) is 5.77. The number of anilines is 3. The smallest absolute Gasteiger partial charge is 0.275 e. The molecule has 0 unspecified atom stereocenters. The van der Waals surface area contributed by atoms with Crippen LogP contribution in [-0.2, 0) is 15.1 Å². The molecule has 2 amide bonds. The molecule has 0 radical (unpaired) electrons. The van der Waals surface area contributed by atoms with Crippen molar-refractivity contribution in [2.75, 3.05) is 29.9 Å². The average Bonchev–Trinajstić information content (AvgIpc) is 3.39. The van der Waals surface area contributed by atoms with Crippen LogP contribution in [0.4, 0.5) is 17.5 Å². The first kappa shape index (κ1) is 22.6. The van der Waals surface area contributed by atoms with Crippen molar-refractivity contribution < 1.29 is 19.8 Å². The lowest BCUT2D eigenvalue weighted by atomic mass is 10.0. The molecule has 0 spiro atoms. The van der Waals surface area contributed by atoms with Crippen LogP contribution in [0, 0.1) is 11.3 Å². The summed E-state index contributed by atoms with van der Waals surface area (Å²) in [6, 6.07) is 3.17. The highest BCUT2D eigenvalue weighted by molar-refractivity contribution is 6.03. The lowest BCUT2D eigenvalue weighted by molar-refractivity contribution is -0.141. The molecule has 0 bridgehead atoms. The van der Waals surface area contributed by atoms with E-state index in [-0.39, 0.29) is 36.7 Å². The van der Waals surface area contributed by atoms with Crippen molar-refractivity contribution in [3.05, 3.63) is 24.7 Å². The molecule has 0 aromatic carbocycles. The molecular weight excluding hydrogens is 428 g/mol. The molecule has 1 atom stereocenters. The Morgan fingerprint density at radius 1 is 1.33 bits per heavy atom. The molecule has 0 saturated carbocycles. The summed E-state index contributed by atoms with van der Waals surface area (Å²) < 4.78 is 1.56. The van der Waals surface area contributed by atoms with Gasteiger partial charge in [-0.05, 0) is 32.8 Å². The van der Waals surface area contributed by atoms with E-state index >= 15 is 0 Å². The van der Waals surface area contributed by atoms with Crippen LogP contribution in [0.3, 0.4) is 0 Å². The largest absolute Gasteiger partial charge is 0.393 e. The van der Waals surface area contributed by atoms with E-state index in [9.17, 15) is 19.8 Å². The molecule has 2 aromatic rings. The Morgan fingerprint density at radius 3 is 2.73 bits per heavy atom. The normalized spacial score (nSPS) is 21.8. The minimum atomic E-state index is -2.04. The molecule has 4 rings (SSSR count). The van der Waals surface area contributed by atoms with Gasteiger partial charge in [0.1, 0.15) is 17.4 Å². The second kappa shape index (κ2) is 8.42. The molecule has 2 saturated heterocycles. The van der Waals surface area contributed by atoms with Crippen LogP contribution in [0.1, 0.15) is 33.1 Å². The van der Waals surface area contributed by atoms with Crippen LogP contribution < -0.4 is 10.2 Å². The number of piperidine rings is 1. The maximum absolute atomic E-state index is 13.1. The zero-order valence-corrected chi connectivity index (χ0v) is 18.5. The van der Waals surface area contributed by atoms with E-state index in [0.717, 1.165) is 0 Å². The minimum Gasteiger partial charge on any atom is -0.393 e. The van der Waals surface area contributed by atoms with Gasteiger partial charge in [-0.3, -0.25) is 19.2 Å². The summed E-state index contributed by atoms with van der Waals surface area (Å²) in [6.45, 7) is 4.74. The molecule has 33 heavy (non-hydrogen) atoms. The topological polar surface area (TPSA) is 160 Å². The number of carbonyl (C=O) groups is 2. The second-order valence-electron chi connectivity index (χ2n) is 8.80. The van der Waals surface area contributed by atoms with Gasteiger partial charge < -0.3 is 20.4 Å². The summed E-state index contributed by atoms with van der Waals surface area (Å²) in [6.07, 6.45) is 5.44. The van der Waals surface area contributed by atoms with E-state index in [1.54, 1.807) is 41.9 Å². The SMILES string of the molecule is CC(C)(C(=O)N1CCC(O)CC1)n1cc(Nc2nccc(N3CC[C@](O)(C#N)C3=O)n2)cn1. The minimum absolute atomic E-state index is 0.000951. The van der Waals surface area contributed by atoms with Crippen LogP contribution in [0.25, 0.3) is 0 Å². The van der Waals surface area contributed by atoms with Gasteiger partial charge in [0, 0.05) is 38.4 Å². The number of carbonyl (C=O) groups excluding carboxylic acids is 2. The number of amides is 2. The van der Waals surface area contributed by atoms with E-state index in [1.165, 1.54) is 17.2 Å². The van der Waals surface area contributed by atoms with Crippen LogP contribution in [0.15, 0.2) is 24.7 Å². The summed E-state index contributed by atoms with van der Waals surface area (Å²) in [5, 5.41) is 36.2. The first-order chi connectivity index (χ1) is 15.6. The molecule has 2 aliphatic rings. The molecule has 12 nitrogen and oxygen atoms in total. The third kappa shape index (κ3) is 4.24. The number of hydrogen-bond donors (Lipinski definition) is 3. The second-order valence-corrected chi connectivity index (χ2v) is 8.80. The number of likely N-dealkylation sites (tertiary alicyclic amines) is 1. The standard InChI is InChI=1S/C21H26N8O4/c1-20(2,17(31)27-8-4-15(30)5-9-27)29-12-14(11-24-29)25-19-23-7-3-16(26-19)28-10-6-21(33,13-22)18(28)32/h3,7,11-12,15,30,33H,4-6,8-10H2,1-2H3,(H,23,25,26)/t21-/m0/s1. The molecule has 0 aliphatic carbocycles. The predicted molar refractivity (Wildman–Crippen MR) is 116 cm³/mol. The van der Waals surface area contributed by atoms with Crippen molar-refractivity contribution in [1.29, 1.82) is 5.26 Å². The van der Waals surface area contributed by atoms with Crippen molar-refractivity contribution in [3.63, 3.8) is 0 Å². The van der Waals surface area contributed by atoms with Gasteiger partial charge >= 0.3 is 0 Å². The fourth-order valence-corrected chi connectivity index (χ4v) is 3.96.